The summed E-state index contributed by atoms with van der Waals surface area (Å²) in [5.74, 6) is 0.00518. The number of ether oxygens (including phenoxy) is 3. The monoisotopic (exact) mass is 389 g/mol. The Morgan fingerprint density at radius 1 is 0.786 bits per heavy atom. The molecule has 3 heterocycles. The average molecular weight is 389 g/mol. The molecule has 4 rings (SSSR count). The molecule has 1 aromatic rings. The zero-order valence-corrected chi connectivity index (χ0v) is 15.5. The van der Waals surface area contributed by atoms with Crippen LogP contribution in [0.5, 0.6) is 11.5 Å². The third kappa shape index (κ3) is 3.75. The van der Waals surface area contributed by atoms with E-state index in [0.29, 0.717) is 64.0 Å². The van der Waals surface area contributed by atoms with Crippen molar-refractivity contribution in [2.75, 3.05) is 59.1 Å². The molecule has 0 saturated carbocycles. The van der Waals surface area contributed by atoms with E-state index in [1.807, 2.05) is 12.1 Å². The molecular formula is C19H23N3O6. The Morgan fingerprint density at radius 3 is 2.04 bits per heavy atom. The van der Waals surface area contributed by atoms with Crippen molar-refractivity contribution < 1.29 is 28.6 Å². The molecule has 0 bridgehead atoms. The van der Waals surface area contributed by atoms with Gasteiger partial charge < -0.3 is 28.9 Å². The molecule has 2 fully saturated rings. The molecule has 0 aliphatic carbocycles. The van der Waals surface area contributed by atoms with Crippen LogP contribution in [0.3, 0.4) is 0 Å². The SMILES string of the molecule is O=C(C(=O)N1CCN(C(=O)C2COc3ccccc3O2)CC1)N1CCOCC1. The summed E-state index contributed by atoms with van der Waals surface area (Å²) >= 11 is 0. The van der Waals surface area contributed by atoms with Gasteiger partial charge in [0.25, 0.3) is 5.91 Å². The fraction of sp³-hybridized carbons (Fsp3) is 0.526. The Morgan fingerprint density at radius 2 is 1.36 bits per heavy atom. The van der Waals surface area contributed by atoms with E-state index in [1.54, 1.807) is 17.0 Å². The number of benzene rings is 1. The number of amides is 3. The topological polar surface area (TPSA) is 88.6 Å². The van der Waals surface area contributed by atoms with Gasteiger partial charge in [0.15, 0.2) is 11.5 Å². The zero-order valence-electron chi connectivity index (χ0n) is 15.5. The number of hydrogen-bond donors (Lipinski definition) is 0. The van der Waals surface area contributed by atoms with Gasteiger partial charge in [0.05, 0.1) is 13.2 Å². The number of carbonyl (C=O) groups is 3. The fourth-order valence-corrected chi connectivity index (χ4v) is 3.51. The number of para-hydroxylation sites is 2. The summed E-state index contributed by atoms with van der Waals surface area (Å²) in [6.07, 6.45) is -0.702. The Kier molecular flexibility index (Phi) is 5.34. The molecule has 28 heavy (non-hydrogen) atoms. The van der Waals surface area contributed by atoms with Gasteiger partial charge in [-0.1, -0.05) is 12.1 Å². The van der Waals surface area contributed by atoms with Crippen LogP contribution in [0.2, 0.25) is 0 Å². The molecule has 0 N–H and O–H groups in total. The number of nitrogens with zero attached hydrogens (tertiary/aromatic N) is 3. The van der Waals surface area contributed by atoms with Gasteiger partial charge in [0.1, 0.15) is 6.61 Å². The van der Waals surface area contributed by atoms with Crippen LogP contribution in [0.1, 0.15) is 0 Å². The zero-order chi connectivity index (χ0) is 19.5. The van der Waals surface area contributed by atoms with Crippen molar-refractivity contribution in [1.82, 2.24) is 14.7 Å². The normalized spacial score (nSPS) is 22.0. The van der Waals surface area contributed by atoms with Crippen molar-refractivity contribution in [2.45, 2.75) is 6.10 Å². The first-order valence-corrected chi connectivity index (χ1v) is 9.46. The largest absolute Gasteiger partial charge is 0.485 e. The second kappa shape index (κ2) is 8.05. The Bertz CT molecular complexity index is 756. The van der Waals surface area contributed by atoms with E-state index in [-0.39, 0.29) is 12.5 Å². The van der Waals surface area contributed by atoms with Gasteiger partial charge in [0.2, 0.25) is 6.10 Å². The van der Waals surface area contributed by atoms with Gasteiger partial charge in [-0.05, 0) is 12.1 Å². The third-order valence-electron chi connectivity index (χ3n) is 5.14. The van der Waals surface area contributed by atoms with E-state index in [1.165, 1.54) is 9.80 Å². The molecule has 2 saturated heterocycles. The highest BCUT2D eigenvalue weighted by molar-refractivity contribution is 6.34. The highest BCUT2D eigenvalue weighted by Crippen LogP contribution is 2.31. The van der Waals surface area contributed by atoms with Crippen LogP contribution in [0.4, 0.5) is 0 Å². The first-order valence-electron chi connectivity index (χ1n) is 9.46. The first-order chi connectivity index (χ1) is 13.6. The third-order valence-corrected chi connectivity index (χ3v) is 5.14. The smallest absolute Gasteiger partial charge is 0.312 e. The Hall–Kier alpha value is -2.81. The predicted molar refractivity (Wildman–Crippen MR) is 96.9 cm³/mol. The lowest BCUT2D eigenvalue weighted by atomic mass is 10.2. The Labute approximate surface area is 162 Å². The summed E-state index contributed by atoms with van der Waals surface area (Å²) in [5.41, 5.74) is 0. The number of fused-ring (bicyclic) bond motifs is 1. The molecule has 9 heteroatoms. The number of carbonyl (C=O) groups excluding carboxylic acids is 3. The first kappa shape index (κ1) is 18.5. The van der Waals surface area contributed by atoms with Crippen molar-refractivity contribution in [3.05, 3.63) is 24.3 Å². The molecule has 9 nitrogen and oxygen atoms in total. The fourth-order valence-electron chi connectivity index (χ4n) is 3.51. The van der Waals surface area contributed by atoms with Crippen LogP contribution in [0, 0.1) is 0 Å². The van der Waals surface area contributed by atoms with E-state index in [4.69, 9.17) is 14.2 Å². The average Bonchev–Trinajstić information content (AvgIpc) is 2.78. The molecule has 3 aliphatic rings. The van der Waals surface area contributed by atoms with E-state index < -0.39 is 17.9 Å². The maximum absolute atomic E-state index is 12.7. The summed E-state index contributed by atoms with van der Waals surface area (Å²) in [7, 11) is 0. The van der Waals surface area contributed by atoms with Crippen LogP contribution in [0.25, 0.3) is 0 Å². The van der Waals surface area contributed by atoms with Crippen molar-refractivity contribution >= 4 is 17.7 Å². The summed E-state index contributed by atoms with van der Waals surface area (Å²) in [6.45, 7) is 3.31. The Balaban J connectivity index is 1.30. The molecule has 1 aromatic carbocycles. The van der Waals surface area contributed by atoms with E-state index in [9.17, 15) is 14.4 Å². The van der Waals surface area contributed by atoms with Crippen LogP contribution in [-0.2, 0) is 19.1 Å². The quantitative estimate of drug-likeness (QED) is 0.594. The minimum Gasteiger partial charge on any atom is -0.485 e. The highest BCUT2D eigenvalue weighted by Gasteiger charge is 2.35. The molecule has 0 radical (unpaired) electrons. The number of piperazine rings is 1. The van der Waals surface area contributed by atoms with E-state index in [0.717, 1.165) is 0 Å². The number of hydrogen-bond acceptors (Lipinski definition) is 6. The maximum atomic E-state index is 12.7. The standard InChI is InChI=1S/C19H23N3O6/c23-17(16-13-27-14-3-1-2-4-15(14)28-16)20-5-7-21(8-6-20)18(24)19(25)22-9-11-26-12-10-22/h1-4,16H,5-13H2. The summed E-state index contributed by atoms with van der Waals surface area (Å²) < 4.78 is 16.6. The second-order valence-electron chi connectivity index (χ2n) is 6.89. The molecule has 3 amide bonds. The van der Waals surface area contributed by atoms with Gasteiger partial charge in [-0.25, -0.2) is 0 Å². The summed E-state index contributed by atoms with van der Waals surface area (Å²) in [4.78, 5) is 42.2. The lowest BCUT2D eigenvalue weighted by Gasteiger charge is -2.37. The van der Waals surface area contributed by atoms with Crippen LogP contribution >= 0.6 is 0 Å². The van der Waals surface area contributed by atoms with Crippen LogP contribution < -0.4 is 9.47 Å². The molecular weight excluding hydrogens is 366 g/mol. The minimum atomic E-state index is -0.702. The van der Waals surface area contributed by atoms with E-state index >= 15 is 0 Å². The molecule has 0 spiro atoms. The lowest BCUT2D eigenvalue weighted by Crippen LogP contribution is -2.57. The number of rotatable bonds is 1. The summed E-state index contributed by atoms with van der Waals surface area (Å²) in [6, 6.07) is 7.23. The molecule has 1 unspecified atom stereocenters. The maximum Gasteiger partial charge on any atom is 0.312 e. The van der Waals surface area contributed by atoms with E-state index in [2.05, 4.69) is 0 Å². The highest BCUT2D eigenvalue weighted by atomic mass is 16.6. The lowest BCUT2D eigenvalue weighted by molar-refractivity contribution is -0.156. The molecule has 0 aromatic heterocycles. The minimum absolute atomic E-state index is 0.157. The van der Waals surface area contributed by atoms with Crippen LogP contribution in [0.15, 0.2) is 24.3 Å². The number of morpholine rings is 1. The van der Waals surface area contributed by atoms with Gasteiger partial charge >= 0.3 is 11.8 Å². The predicted octanol–water partition coefficient (Wildman–Crippen LogP) is -0.644. The second-order valence-corrected chi connectivity index (χ2v) is 6.89. The molecule has 150 valence electrons. The van der Waals surface area contributed by atoms with Gasteiger partial charge in [-0.15, -0.1) is 0 Å². The van der Waals surface area contributed by atoms with Crippen molar-refractivity contribution in [3.8, 4) is 11.5 Å². The van der Waals surface area contributed by atoms with Gasteiger partial charge in [-0.3, -0.25) is 14.4 Å². The van der Waals surface area contributed by atoms with Crippen LogP contribution in [-0.4, -0.2) is 97.6 Å². The van der Waals surface area contributed by atoms with Crippen molar-refractivity contribution in [1.29, 1.82) is 0 Å². The van der Waals surface area contributed by atoms with Gasteiger partial charge in [-0.2, -0.15) is 0 Å². The van der Waals surface area contributed by atoms with Crippen molar-refractivity contribution in [3.63, 3.8) is 0 Å². The van der Waals surface area contributed by atoms with Crippen molar-refractivity contribution in [2.24, 2.45) is 0 Å². The molecule has 3 aliphatic heterocycles. The summed E-state index contributed by atoms with van der Waals surface area (Å²) in [5, 5.41) is 0. The molecule has 1 atom stereocenters. The van der Waals surface area contributed by atoms with Gasteiger partial charge in [0, 0.05) is 39.3 Å².